The summed E-state index contributed by atoms with van der Waals surface area (Å²) >= 11 is 0. The topological polar surface area (TPSA) is 98.5 Å². The molecule has 3 N–H and O–H groups in total. The molecule has 0 radical (unpaired) electrons. The molecule has 0 aliphatic rings. The first-order valence-corrected chi connectivity index (χ1v) is 6.43. The smallest absolute Gasteiger partial charge is 0.322 e. The lowest BCUT2D eigenvalue weighted by Crippen LogP contribution is -2.23. The van der Waals surface area contributed by atoms with E-state index in [1.165, 1.54) is 6.07 Å². The van der Waals surface area contributed by atoms with Crippen molar-refractivity contribution in [2.24, 2.45) is 0 Å². The van der Waals surface area contributed by atoms with Crippen LogP contribution in [0.15, 0.2) is 18.2 Å². The molecular weight excluding hydrogens is 244 g/mol. The highest BCUT2D eigenvalue weighted by atomic mass is 32.2. The Hall–Kier alpha value is -1.76. The van der Waals surface area contributed by atoms with Crippen molar-refractivity contribution in [3.05, 3.63) is 23.8 Å². The third-order valence-corrected chi connectivity index (χ3v) is 3.25. The summed E-state index contributed by atoms with van der Waals surface area (Å²) in [5, 5.41) is 0. The third-order valence-electron chi connectivity index (χ3n) is 2.09. The Labute approximate surface area is 99.8 Å². The van der Waals surface area contributed by atoms with Crippen LogP contribution in [0.2, 0.25) is 0 Å². The number of anilines is 2. The predicted molar refractivity (Wildman–Crippen MR) is 65.0 cm³/mol. The summed E-state index contributed by atoms with van der Waals surface area (Å²) in [4.78, 5) is 10.9. The molecule has 1 aromatic rings. The van der Waals surface area contributed by atoms with Gasteiger partial charge in [0.05, 0.1) is 12.8 Å². The number of hydrogen-bond donors (Lipinski definition) is 2. The molecule has 7 heteroatoms. The van der Waals surface area contributed by atoms with Gasteiger partial charge in [0.2, 0.25) is 10.0 Å². The van der Waals surface area contributed by atoms with Crippen molar-refractivity contribution in [1.29, 1.82) is 0 Å². The van der Waals surface area contributed by atoms with Crippen LogP contribution >= 0.6 is 0 Å². The second-order valence-corrected chi connectivity index (χ2v) is 5.23. The van der Waals surface area contributed by atoms with E-state index < -0.39 is 21.7 Å². The Balaban J connectivity index is 2.83. The molecule has 0 fully saturated rings. The highest BCUT2D eigenvalue weighted by molar-refractivity contribution is 7.93. The molecule has 94 valence electrons. The molecule has 0 aliphatic carbocycles. The van der Waals surface area contributed by atoms with Crippen LogP contribution in [-0.4, -0.2) is 27.2 Å². The number of rotatable bonds is 4. The third kappa shape index (κ3) is 3.95. The lowest BCUT2D eigenvalue weighted by atomic mass is 10.2. The van der Waals surface area contributed by atoms with Crippen molar-refractivity contribution < 1.29 is 17.9 Å². The standard InChI is InChI=1S/C10H14N2O4S/c1-7-3-4-8(5-9(7)11)12-17(14,15)6-10(13)16-2/h3-5,12H,6,11H2,1-2H3. The lowest BCUT2D eigenvalue weighted by Gasteiger charge is -2.08. The molecule has 0 saturated carbocycles. The quantitative estimate of drug-likeness (QED) is 0.605. The van der Waals surface area contributed by atoms with E-state index in [2.05, 4.69) is 9.46 Å². The van der Waals surface area contributed by atoms with Crippen molar-refractivity contribution in [3.8, 4) is 0 Å². The normalized spacial score (nSPS) is 10.9. The van der Waals surface area contributed by atoms with Crippen LogP contribution in [0, 0.1) is 6.92 Å². The number of carbonyl (C=O) groups is 1. The Morgan fingerprint density at radius 2 is 2.12 bits per heavy atom. The fourth-order valence-electron chi connectivity index (χ4n) is 1.13. The Kier molecular flexibility index (Phi) is 3.95. The van der Waals surface area contributed by atoms with Gasteiger partial charge >= 0.3 is 5.97 Å². The fraction of sp³-hybridized carbons (Fsp3) is 0.300. The van der Waals surface area contributed by atoms with Gasteiger partial charge < -0.3 is 10.5 Å². The zero-order valence-electron chi connectivity index (χ0n) is 9.56. The molecule has 0 unspecified atom stereocenters. The molecule has 0 amide bonds. The molecule has 17 heavy (non-hydrogen) atoms. The number of aryl methyl sites for hydroxylation is 1. The van der Waals surface area contributed by atoms with Crippen molar-refractivity contribution in [1.82, 2.24) is 0 Å². The minimum absolute atomic E-state index is 0.317. The first-order valence-electron chi connectivity index (χ1n) is 4.77. The van der Waals surface area contributed by atoms with E-state index in [9.17, 15) is 13.2 Å². The summed E-state index contributed by atoms with van der Waals surface area (Å²) < 4.78 is 29.6. The van der Waals surface area contributed by atoms with Crippen molar-refractivity contribution in [2.75, 3.05) is 23.3 Å². The van der Waals surface area contributed by atoms with Gasteiger partial charge in [-0.05, 0) is 24.6 Å². The minimum Gasteiger partial charge on any atom is -0.468 e. The maximum atomic E-state index is 11.5. The highest BCUT2D eigenvalue weighted by Gasteiger charge is 2.16. The number of carbonyl (C=O) groups excluding carboxylic acids is 1. The van der Waals surface area contributed by atoms with Gasteiger partial charge in [0.1, 0.15) is 0 Å². The minimum atomic E-state index is -3.76. The average Bonchev–Trinajstić information content (AvgIpc) is 2.22. The number of methoxy groups -OCH3 is 1. The highest BCUT2D eigenvalue weighted by Crippen LogP contribution is 2.17. The molecule has 0 saturated heterocycles. The monoisotopic (exact) mass is 258 g/mol. The number of nitrogen functional groups attached to an aromatic ring is 1. The van der Waals surface area contributed by atoms with Gasteiger partial charge in [-0.3, -0.25) is 9.52 Å². The van der Waals surface area contributed by atoms with Gasteiger partial charge in [0.15, 0.2) is 5.75 Å². The van der Waals surface area contributed by atoms with Gasteiger partial charge in [-0.25, -0.2) is 8.42 Å². The summed E-state index contributed by atoms with van der Waals surface area (Å²) in [6, 6.07) is 4.75. The number of nitrogens with two attached hydrogens (primary N) is 1. The van der Waals surface area contributed by atoms with E-state index in [1.54, 1.807) is 12.1 Å². The summed E-state index contributed by atoms with van der Waals surface area (Å²) in [5.41, 5.74) is 7.28. The molecule has 0 heterocycles. The van der Waals surface area contributed by atoms with Gasteiger partial charge in [0.25, 0.3) is 0 Å². The zero-order valence-corrected chi connectivity index (χ0v) is 10.4. The average molecular weight is 258 g/mol. The van der Waals surface area contributed by atoms with E-state index in [4.69, 9.17) is 5.73 Å². The summed E-state index contributed by atoms with van der Waals surface area (Å²) in [5.74, 6) is -1.55. The fourth-order valence-corrected chi connectivity index (χ4v) is 2.12. The summed E-state index contributed by atoms with van der Waals surface area (Å²) in [7, 11) is -2.63. The second kappa shape index (κ2) is 5.05. The largest absolute Gasteiger partial charge is 0.468 e. The summed E-state index contributed by atoms with van der Waals surface area (Å²) in [6.07, 6.45) is 0. The SMILES string of the molecule is COC(=O)CS(=O)(=O)Nc1ccc(C)c(N)c1. The molecular formula is C10H14N2O4S. The molecule has 0 bridgehead atoms. The zero-order chi connectivity index (χ0) is 13.1. The molecule has 0 aliphatic heterocycles. The van der Waals surface area contributed by atoms with E-state index in [-0.39, 0.29) is 0 Å². The van der Waals surface area contributed by atoms with Crippen LogP contribution in [0.3, 0.4) is 0 Å². The van der Waals surface area contributed by atoms with Crippen LogP contribution in [0.1, 0.15) is 5.56 Å². The summed E-state index contributed by atoms with van der Waals surface area (Å²) in [6.45, 7) is 1.81. The number of benzene rings is 1. The van der Waals surface area contributed by atoms with Crippen LogP contribution in [-0.2, 0) is 19.6 Å². The number of esters is 1. The molecule has 1 aromatic carbocycles. The maximum Gasteiger partial charge on any atom is 0.322 e. The molecule has 0 aromatic heterocycles. The van der Waals surface area contributed by atoms with Crippen LogP contribution in [0.4, 0.5) is 11.4 Å². The van der Waals surface area contributed by atoms with Crippen molar-refractivity contribution in [3.63, 3.8) is 0 Å². The Morgan fingerprint density at radius 3 is 2.65 bits per heavy atom. The van der Waals surface area contributed by atoms with E-state index in [1.807, 2.05) is 6.92 Å². The Morgan fingerprint density at radius 1 is 1.47 bits per heavy atom. The van der Waals surface area contributed by atoms with Crippen LogP contribution < -0.4 is 10.5 Å². The van der Waals surface area contributed by atoms with Gasteiger partial charge in [-0.15, -0.1) is 0 Å². The molecule has 1 rings (SSSR count). The number of nitrogens with one attached hydrogen (secondary N) is 1. The molecule has 6 nitrogen and oxygen atoms in total. The number of sulfonamides is 1. The molecule has 0 spiro atoms. The van der Waals surface area contributed by atoms with E-state index in [0.717, 1.165) is 12.7 Å². The predicted octanol–water partition coefficient (Wildman–Crippen LogP) is 0.492. The maximum absolute atomic E-state index is 11.5. The number of ether oxygens (including phenoxy) is 1. The number of hydrogen-bond acceptors (Lipinski definition) is 5. The van der Waals surface area contributed by atoms with Crippen LogP contribution in [0.5, 0.6) is 0 Å². The van der Waals surface area contributed by atoms with Gasteiger partial charge in [-0.1, -0.05) is 6.07 Å². The van der Waals surface area contributed by atoms with E-state index in [0.29, 0.717) is 11.4 Å². The van der Waals surface area contributed by atoms with Crippen LogP contribution in [0.25, 0.3) is 0 Å². The van der Waals surface area contributed by atoms with Gasteiger partial charge in [0, 0.05) is 5.69 Å². The first-order chi connectivity index (χ1) is 7.84. The van der Waals surface area contributed by atoms with Crippen molar-refractivity contribution in [2.45, 2.75) is 6.92 Å². The second-order valence-electron chi connectivity index (χ2n) is 3.51. The first kappa shape index (κ1) is 13.3. The lowest BCUT2D eigenvalue weighted by molar-refractivity contribution is -0.137. The molecule has 0 atom stereocenters. The Bertz CT molecular complexity index is 525. The van der Waals surface area contributed by atoms with Crippen molar-refractivity contribution >= 4 is 27.4 Å². The van der Waals surface area contributed by atoms with Gasteiger partial charge in [-0.2, -0.15) is 0 Å². The van der Waals surface area contributed by atoms with E-state index >= 15 is 0 Å².